The van der Waals surface area contributed by atoms with Gasteiger partial charge in [-0.3, -0.25) is 10.1 Å². The van der Waals surface area contributed by atoms with Gasteiger partial charge in [0.15, 0.2) is 0 Å². The zero-order valence-corrected chi connectivity index (χ0v) is 12.5. The third-order valence-electron chi connectivity index (χ3n) is 2.68. The van der Waals surface area contributed by atoms with Crippen molar-refractivity contribution in [1.29, 1.82) is 0 Å². The molecule has 0 aliphatic rings. The van der Waals surface area contributed by atoms with E-state index >= 15 is 0 Å². The Kier molecular flexibility index (Phi) is 5.14. The van der Waals surface area contributed by atoms with Crippen molar-refractivity contribution in [2.75, 3.05) is 32.5 Å². The highest BCUT2D eigenvalue weighted by atomic mass is 35.5. The number of anilines is 1. The molecule has 0 aliphatic carbocycles. The molecule has 1 N–H and O–H groups in total. The monoisotopic (exact) mass is 285 g/mol. The van der Waals surface area contributed by atoms with Gasteiger partial charge >= 0.3 is 0 Å². The summed E-state index contributed by atoms with van der Waals surface area (Å²) in [4.78, 5) is 12.6. The van der Waals surface area contributed by atoms with Crippen molar-refractivity contribution in [3.05, 3.63) is 33.3 Å². The van der Waals surface area contributed by atoms with Crippen LogP contribution in [-0.4, -0.2) is 37.0 Å². The van der Waals surface area contributed by atoms with Crippen LogP contribution in [0.25, 0.3) is 0 Å². The second-order valence-electron chi connectivity index (χ2n) is 5.65. The fourth-order valence-corrected chi connectivity index (χ4v) is 2.32. The largest absolute Gasteiger partial charge is 0.378 e. The lowest BCUT2D eigenvalue weighted by Gasteiger charge is -2.29. The number of nitro groups is 1. The summed E-state index contributed by atoms with van der Waals surface area (Å²) in [6, 6.07) is 4.68. The van der Waals surface area contributed by atoms with Crippen LogP contribution in [0.2, 0.25) is 5.02 Å². The Morgan fingerprint density at radius 2 is 2.05 bits per heavy atom. The number of nitrogens with one attached hydrogen (secondary N) is 1. The summed E-state index contributed by atoms with van der Waals surface area (Å²) in [6.07, 6.45) is 0. The summed E-state index contributed by atoms with van der Waals surface area (Å²) >= 11 is 6.03. The molecular weight excluding hydrogens is 266 g/mol. The average molecular weight is 286 g/mol. The van der Waals surface area contributed by atoms with Gasteiger partial charge in [-0.1, -0.05) is 31.5 Å². The molecule has 0 amide bonds. The molecule has 6 heteroatoms. The molecule has 1 rings (SSSR count). The first-order chi connectivity index (χ1) is 8.73. The van der Waals surface area contributed by atoms with E-state index in [0.29, 0.717) is 17.3 Å². The minimum atomic E-state index is -0.423. The lowest BCUT2D eigenvalue weighted by atomic mass is 9.93. The number of hydrogen-bond donors (Lipinski definition) is 1. The fraction of sp³-hybridized carbons (Fsp3) is 0.538. The molecule has 0 aromatic heterocycles. The van der Waals surface area contributed by atoms with Crippen LogP contribution in [0.3, 0.4) is 0 Å². The highest BCUT2D eigenvalue weighted by Gasteiger charge is 2.22. The zero-order chi connectivity index (χ0) is 14.6. The van der Waals surface area contributed by atoms with Gasteiger partial charge in [0.05, 0.1) is 9.95 Å². The number of para-hydroxylation sites is 1. The smallest absolute Gasteiger partial charge is 0.293 e. The molecule has 0 unspecified atom stereocenters. The summed E-state index contributed by atoms with van der Waals surface area (Å²) in [5, 5.41) is 14.5. The van der Waals surface area contributed by atoms with Crippen LogP contribution in [0.4, 0.5) is 11.4 Å². The Hall–Kier alpha value is -1.33. The summed E-state index contributed by atoms with van der Waals surface area (Å²) in [6.45, 7) is 5.68. The van der Waals surface area contributed by atoms with Crippen LogP contribution in [0.15, 0.2) is 18.2 Å². The van der Waals surface area contributed by atoms with Crippen molar-refractivity contribution in [2.24, 2.45) is 5.41 Å². The molecule has 0 bridgehead atoms. The maximum Gasteiger partial charge on any atom is 0.293 e. The van der Waals surface area contributed by atoms with Gasteiger partial charge in [-0.25, -0.2) is 0 Å². The lowest BCUT2D eigenvalue weighted by Crippen LogP contribution is -2.34. The predicted octanol–water partition coefficient (Wildman–Crippen LogP) is 3.25. The summed E-state index contributed by atoms with van der Waals surface area (Å²) < 4.78 is 0. The van der Waals surface area contributed by atoms with Gasteiger partial charge in [-0.05, 0) is 25.6 Å². The van der Waals surface area contributed by atoms with Crippen LogP contribution in [0, 0.1) is 15.5 Å². The molecule has 1 aromatic carbocycles. The number of halogens is 1. The Morgan fingerprint density at radius 3 is 2.58 bits per heavy atom. The number of benzene rings is 1. The second-order valence-corrected chi connectivity index (χ2v) is 6.05. The standard InChI is InChI=1S/C13H20ClN3O2/c1-13(2,9-16(3)4)8-15-12-10(14)6-5-7-11(12)17(18)19/h5-7,15H,8-9H2,1-4H3. The molecule has 0 saturated carbocycles. The normalized spacial score (nSPS) is 11.7. The van der Waals surface area contributed by atoms with Gasteiger partial charge in [0.2, 0.25) is 0 Å². The highest BCUT2D eigenvalue weighted by molar-refractivity contribution is 6.33. The van der Waals surface area contributed by atoms with E-state index < -0.39 is 4.92 Å². The highest BCUT2D eigenvalue weighted by Crippen LogP contribution is 2.32. The zero-order valence-electron chi connectivity index (χ0n) is 11.7. The molecule has 0 aliphatic heterocycles. The third kappa shape index (κ3) is 4.69. The van der Waals surface area contributed by atoms with E-state index in [2.05, 4.69) is 24.1 Å². The molecule has 0 saturated heterocycles. The van der Waals surface area contributed by atoms with E-state index in [9.17, 15) is 10.1 Å². The Labute approximate surface area is 118 Å². The van der Waals surface area contributed by atoms with Crippen LogP contribution >= 0.6 is 11.6 Å². The van der Waals surface area contributed by atoms with Crippen LogP contribution < -0.4 is 5.32 Å². The molecule has 0 radical (unpaired) electrons. The maximum absolute atomic E-state index is 11.0. The van der Waals surface area contributed by atoms with Crippen LogP contribution in [0.1, 0.15) is 13.8 Å². The van der Waals surface area contributed by atoms with Crippen molar-refractivity contribution < 1.29 is 4.92 Å². The molecule has 106 valence electrons. The quantitative estimate of drug-likeness (QED) is 0.644. The molecule has 5 nitrogen and oxygen atoms in total. The molecular formula is C13H20ClN3O2. The van der Waals surface area contributed by atoms with E-state index in [1.165, 1.54) is 6.07 Å². The molecule has 0 heterocycles. The fourth-order valence-electron chi connectivity index (χ4n) is 2.08. The lowest BCUT2D eigenvalue weighted by molar-refractivity contribution is -0.383. The minimum absolute atomic E-state index is 0.00755. The molecule has 0 spiro atoms. The average Bonchev–Trinajstić information content (AvgIpc) is 2.25. The molecule has 19 heavy (non-hydrogen) atoms. The third-order valence-corrected chi connectivity index (χ3v) is 2.99. The number of rotatable bonds is 6. The second kappa shape index (κ2) is 6.21. The van der Waals surface area contributed by atoms with Gasteiger partial charge in [-0.2, -0.15) is 0 Å². The number of nitro benzene ring substituents is 1. The molecule has 1 aromatic rings. The molecule has 0 atom stereocenters. The van der Waals surface area contributed by atoms with Gasteiger partial charge in [0.1, 0.15) is 5.69 Å². The topological polar surface area (TPSA) is 58.4 Å². The first-order valence-corrected chi connectivity index (χ1v) is 6.42. The van der Waals surface area contributed by atoms with Crippen molar-refractivity contribution in [3.8, 4) is 0 Å². The van der Waals surface area contributed by atoms with Crippen LogP contribution in [-0.2, 0) is 0 Å². The van der Waals surface area contributed by atoms with Gasteiger partial charge < -0.3 is 10.2 Å². The minimum Gasteiger partial charge on any atom is -0.378 e. The Bertz CT molecular complexity index is 461. The summed E-state index contributed by atoms with van der Waals surface area (Å²) in [5.74, 6) is 0. The Balaban J connectivity index is 2.86. The number of nitrogens with zero attached hydrogens (tertiary/aromatic N) is 2. The van der Waals surface area contributed by atoms with E-state index in [0.717, 1.165) is 6.54 Å². The van der Waals surface area contributed by atoms with E-state index in [4.69, 9.17) is 11.6 Å². The summed E-state index contributed by atoms with van der Waals surface area (Å²) in [7, 11) is 4.00. The van der Waals surface area contributed by atoms with Gasteiger partial charge in [-0.15, -0.1) is 0 Å². The Morgan fingerprint density at radius 1 is 1.42 bits per heavy atom. The van der Waals surface area contributed by atoms with Crippen molar-refractivity contribution >= 4 is 23.0 Å². The van der Waals surface area contributed by atoms with Crippen LogP contribution in [0.5, 0.6) is 0 Å². The predicted molar refractivity (Wildman–Crippen MR) is 78.9 cm³/mol. The van der Waals surface area contributed by atoms with E-state index in [1.807, 2.05) is 14.1 Å². The first kappa shape index (κ1) is 15.7. The SMILES string of the molecule is CN(C)CC(C)(C)CNc1c(Cl)cccc1[N+](=O)[O-]. The first-order valence-electron chi connectivity index (χ1n) is 6.04. The maximum atomic E-state index is 11.0. The van der Waals surface area contributed by atoms with Crippen molar-refractivity contribution in [3.63, 3.8) is 0 Å². The van der Waals surface area contributed by atoms with E-state index in [1.54, 1.807) is 12.1 Å². The van der Waals surface area contributed by atoms with E-state index in [-0.39, 0.29) is 11.1 Å². The van der Waals surface area contributed by atoms with Gasteiger partial charge in [0.25, 0.3) is 5.69 Å². The summed E-state index contributed by atoms with van der Waals surface area (Å²) in [5.41, 5.74) is 0.380. The van der Waals surface area contributed by atoms with Gasteiger partial charge in [0, 0.05) is 19.2 Å². The number of hydrogen-bond acceptors (Lipinski definition) is 4. The van der Waals surface area contributed by atoms with Crippen molar-refractivity contribution in [2.45, 2.75) is 13.8 Å². The van der Waals surface area contributed by atoms with Crippen molar-refractivity contribution in [1.82, 2.24) is 4.90 Å². The molecule has 0 fully saturated rings.